The molecule has 2 aromatic rings. The van der Waals surface area contributed by atoms with Gasteiger partial charge in [-0.2, -0.15) is 5.26 Å². The number of sulfonamides is 1. The van der Waals surface area contributed by atoms with Crippen LogP contribution in [0.15, 0.2) is 36.4 Å². The average Bonchev–Trinajstić information content (AvgIpc) is 2.64. The van der Waals surface area contributed by atoms with Crippen LogP contribution in [0.2, 0.25) is 0 Å². The summed E-state index contributed by atoms with van der Waals surface area (Å²) >= 11 is 0. The summed E-state index contributed by atoms with van der Waals surface area (Å²) in [6.45, 7) is 1.73. The molecule has 3 rings (SSSR count). The SMILES string of the molecule is CS(=O)(=O)NC(=O)OCC1CCCN(c2ccc(C#N)c3ccccc23)C1. The molecule has 0 saturated carbocycles. The van der Waals surface area contributed by atoms with E-state index in [0.29, 0.717) is 12.1 Å². The van der Waals surface area contributed by atoms with Crippen LogP contribution in [-0.2, 0) is 14.8 Å². The maximum atomic E-state index is 11.5. The Morgan fingerprint density at radius 1 is 1.30 bits per heavy atom. The van der Waals surface area contributed by atoms with Gasteiger partial charge in [0, 0.05) is 35.5 Å². The third kappa shape index (κ3) is 4.68. The van der Waals surface area contributed by atoms with Crippen LogP contribution in [0.3, 0.4) is 0 Å². The van der Waals surface area contributed by atoms with Gasteiger partial charge in [-0.05, 0) is 25.0 Å². The van der Waals surface area contributed by atoms with Gasteiger partial charge >= 0.3 is 6.09 Å². The Morgan fingerprint density at radius 2 is 2.04 bits per heavy atom. The molecule has 1 amide bonds. The normalized spacial score (nSPS) is 17.3. The van der Waals surface area contributed by atoms with Crippen molar-refractivity contribution in [2.24, 2.45) is 5.92 Å². The molecule has 1 N–H and O–H groups in total. The molecule has 1 unspecified atom stereocenters. The summed E-state index contributed by atoms with van der Waals surface area (Å²) in [4.78, 5) is 13.8. The van der Waals surface area contributed by atoms with Crippen LogP contribution >= 0.6 is 0 Å². The number of carbonyl (C=O) groups is 1. The Hall–Kier alpha value is -2.79. The Bertz CT molecular complexity index is 998. The number of ether oxygens (including phenoxy) is 1. The first-order valence-corrected chi connectivity index (χ1v) is 10.6. The van der Waals surface area contributed by atoms with Gasteiger partial charge in [-0.15, -0.1) is 0 Å². The van der Waals surface area contributed by atoms with Crippen molar-refractivity contribution < 1.29 is 17.9 Å². The first kappa shape index (κ1) is 19.0. The summed E-state index contributed by atoms with van der Waals surface area (Å²) in [5.74, 6) is 0.110. The minimum Gasteiger partial charge on any atom is -0.448 e. The van der Waals surface area contributed by atoms with Gasteiger partial charge in [-0.1, -0.05) is 24.3 Å². The van der Waals surface area contributed by atoms with Crippen molar-refractivity contribution in [3.8, 4) is 6.07 Å². The summed E-state index contributed by atoms with van der Waals surface area (Å²) in [7, 11) is -3.62. The predicted octanol–water partition coefficient (Wildman–Crippen LogP) is 2.61. The lowest BCUT2D eigenvalue weighted by molar-refractivity contribution is 0.127. The van der Waals surface area contributed by atoms with E-state index in [0.717, 1.165) is 42.1 Å². The number of carbonyl (C=O) groups excluding carboxylic acids is 1. The van der Waals surface area contributed by atoms with Gasteiger partial charge in [-0.25, -0.2) is 17.9 Å². The van der Waals surface area contributed by atoms with Crippen molar-refractivity contribution in [1.29, 1.82) is 5.26 Å². The highest BCUT2D eigenvalue weighted by Gasteiger charge is 2.23. The second kappa shape index (κ2) is 7.84. The van der Waals surface area contributed by atoms with E-state index in [9.17, 15) is 18.5 Å². The van der Waals surface area contributed by atoms with Gasteiger partial charge in [0.25, 0.3) is 0 Å². The Balaban J connectivity index is 1.73. The molecule has 142 valence electrons. The lowest BCUT2D eigenvalue weighted by atomic mass is 9.96. The van der Waals surface area contributed by atoms with Gasteiger partial charge in [0.1, 0.15) is 0 Å². The Labute approximate surface area is 158 Å². The lowest BCUT2D eigenvalue weighted by Gasteiger charge is -2.35. The highest BCUT2D eigenvalue weighted by molar-refractivity contribution is 7.89. The molecule has 0 bridgehead atoms. The van der Waals surface area contributed by atoms with Crippen molar-refractivity contribution in [2.75, 3.05) is 30.9 Å². The summed E-state index contributed by atoms with van der Waals surface area (Å²) < 4.78 is 29.0. The van der Waals surface area contributed by atoms with Crippen LogP contribution in [0.25, 0.3) is 10.8 Å². The number of rotatable bonds is 4. The Kier molecular flexibility index (Phi) is 5.51. The summed E-state index contributed by atoms with van der Waals surface area (Å²) in [6, 6.07) is 13.8. The predicted molar refractivity (Wildman–Crippen MR) is 103 cm³/mol. The van der Waals surface area contributed by atoms with Crippen molar-refractivity contribution in [2.45, 2.75) is 12.8 Å². The molecule has 7 nitrogen and oxygen atoms in total. The molecular formula is C19H21N3O4S. The minimum absolute atomic E-state index is 0.110. The van der Waals surface area contributed by atoms with Gasteiger partial charge < -0.3 is 9.64 Å². The highest BCUT2D eigenvalue weighted by Crippen LogP contribution is 2.32. The van der Waals surface area contributed by atoms with Crippen LogP contribution in [0, 0.1) is 17.2 Å². The number of nitriles is 1. The summed E-state index contributed by atoms with van der Waals surface area (Å²) in [5.41, 5.74) is 1.69. The zero-order valence-corrected chi connectivity index (χ0v) is 15.8. The number of nitrogens with one attached hydrogen (secondary N) is 1. The monoisotopic (exact) mass is 387 g/mol. The van der Waals surface area contributed by atoms with E-state index in [2.05, 4.69) is 11.0 Å². The van der Waals surface area contributed by atoms with Crippen molar-refractivity contribution >= 4 is 32.6 Å². The lowest BCUT2D eigenvalue weighted by Crippen LogP contribution is -2.39. The first-order chi connectivity index (χ1) is 12.9. The molecule has 2 aromatic carbocycles. The van der Waals surface area contributed by atoms with E-state index in [-0.39, 0.29) is 12.5 Å². The Morgan fingerprint density at radius 3 is 2.74 bits per heavy atom. The van der Waals surface area contributed by atoms with Crippen LogP contribution < -0.4 is 9.62 Å². The van der Waals surface area contributed by atoms with Gasteiger partial charge in [-0.3, -0.25) is 0 Å². The zero-order valence-electron chi connectivity index (χ0n) is 15.0. The molecule has 1 atom stereocenters. The molecule has 1 aliphatic heterocycles. The number of hydrogen-bond acceptors (Lipinski definition) is 6. The second-order valence-corrected chi connectivity index (χ2v) is 8.47. The molecular weight excluding hydrogens is 366 g/mol. The van der Waals surface area contributed by atoms with Crippen molar-refractivity contribution in [3.05, 3.63) is 42.0 Å². The molecule has 1 fully saturated rings. The number of hydrogen-bond donors (Lipinski definition) is 1. The third-order valence-electron chi connectivity index (χ3n) is 4.60. The fourth-order valence-corrected chi connectivity index (χ4v) is 3.81. The second-order valence-electron chi connectivity index (χ2n) is 6.72. The van der Waals surface area contributed by atoms with E-state index in [1.165, 1.54) is 0 Å². The fraction of sp³-hybridized carbons (Fsp3) is 0.368. The molecule has 1 heterocycles. The van der Waals surface area contributed by atoms with Crippen LogP contribution in [0.1, 0.15) is 18.4 Å². The largest absolute Gasteiger partial charge is 0.448 e. The molecule has 0 radical (unpaired) electrons. The van der Waals surface area contributed by atoms with Gasteiger partial charge in [0.05, 0.1) is 24.5 Å². The van der Waals surface area contributed by atoms with Crippen LogP contribution in [0.5, 0.6) is 0 Å². The molecule has 0 aromatic heterocycles. The highest BCUT2D eigenvalue weighted by atomic mass is 32.2. The van der Waals surface area contributed by atoms with Crippen LogP contribution in [0.4, 0.5) is 10.5 Å². The number of nitrogens with zero attached hydrogens (tertiary/aromatic N) is 2. The van der Waals surface area contributed by atoms with Gasteiger partial charge in [0.2, 0.25) is 10.0 Å². The standard InChI is InChI=1S/C19H21N3O4S/c1-27(24,25)21-19(23)26-13-14-5-4-10-22(12-14)18-9-8-15(11-20)16-6-2-3-7-17(16)18/h2-3,6-9,14H,4-5,10,12-13H2,1H3,(H,21,23). The molecule has 0 aliphatic carbocycles. The molecule has 8 heteroatoms. The van der Waals surface area contributed by atoms with E-state index in [1.54, 1.807) is 4.72 Å². The number of benzene rings is 2. The summed E-state index contributed by atoms with van der Waals surface area (Å²) in [5, 5.41) is 11.3. The smallest absolute Gasteiger partial charge is 0.420 e. The van der Waals surface area contributed by atoms with Gasteiger partial charge in [0.15, 0.2) is 0 Å². The van der Waals surface area contributed by atoms with E-state index >= 15 is 0 Å². The maximum Gasteiger partial charge on any atom is 0.420 e. The topological polar surface area (TPSA) is 99.5 Å². The molecule has 27 heavy (non-hydrogen) atoms. The molecule has 1 saturated heterocycles. The first-order valence-electron chi connectivity index (χ1n) is 8.69. The van der Waals surface area contributed by atoms with E-state index in [1.807, 2.05) is 36.4 Å². The third-order valence-corrected chi connectivity index (χ3v) is 5.14. The molecule has 0 spiro atoms. The number of fused-ring (bicyclic) bond motifs is 1. The maximum absolute atomic E-state index is 11.5. The quantitative estimate of drug-likeness (QED) is 0.866. The van der Waals surface area contributed by atoms with Crippen LogP contribution in [-0.4, -0.2) is 40.5 Å². The number of amides is 1. The summed E-state index contributed by atoms with van der Waals surface area (Å²) in [6.07, 6.45) is 1.80. The van der Waals surface area contributed by atoms with E-state index in [4.69, 9.17) is 4.74 Å². The number of anilines is 1. The number of piperidine rings is 1. The van der Waals surface area contributed by atoms with Crippen molar-refractivity contribution in [3.63, 3.8) is 0 Å². The van der Waals surface area contributed by atoms with E-state index < -0.39 is 16.1 Å². The minimum atomic E-state index is -3.62. The van der Waals surface area contributed by atoms with Crippen molar-refractivity contribution in [1.82, 2.24) is 4.72 Å². The molecule has 1 aliphatic rings. The average molecular weight is 387 g/mol. The fourth-order valence-electron chi connectivity index (χ4n) is 3.45. The zero-order chi connectivity index (χ0) is 19.4.